The van der Waals surface area contributed by atoms with Gasteiger partial charge in [0.05, 0.1) is 16.6 Å². The van der Waals surface area contributed by atoms with E-state index >= 15 is 0 Å². The van der Waals surface area contributed by atoms with Crippen LogP contribution in [-0.4, -0.2) is 56.5 Å². The molecule has 0 aliphatic carbocycles. The van der Waals surface area contributed by atoms with Crippen molar-refractivity contribution in [2.24, 2.45) is 0 Å². The van der Waals surface area contributed by atoms with Crippen molar-refractivity contribution < 1.29 is 4.79 Å². The molecule has 21 heavy (non-hydrogen) atoms. The van der Waals surface area contributed by atoms with Crippen LogP contribution in [0.3, 0.4) is 0 Å². The van der Waals surface area contributed by atoms with Gasteiger partial charge in [-0.15, -0.1) is 0 Å². The smallest absolute Gasteiger partial charge is 0.236 e. The highest BCUT2D eigenvalue weighted by Crippen LogP contribution is 2.23. The minimum absolute atomic E-state index is 0.0855. The number of hydrogen-bond donors (Lipinski definition) is 1. The summed E-state index contributed by atoms with van der Waals surface area (Å²) in [6.07, 6.45) is 0.934. The molecule has 0 aliphatic rings. The van der Waals surface area contributed by atoms with Gasteiger partial charge in [0.2, 0.25) is 5.91 Å². The fraction of sp³-hybridized carbons (Fsp3) is 0.533. The van der Waals surface area contributed by atoms with E-state index in [0.29, 0.717) is 23.1 Å². The van der Waals surface area contributed by atoms with Crippen LogP contribution >= 0.6 is 23.2 Å². The standard InChI is InChI=1S/C15H23Cl2N3O/c1-18-10-15(21)20(8-4-7-19(2)3)11-12-5-6-13(16)14(17)9-12/h5-6,9,18H,4,7-8,10-11H2,1-3H3. The molecule has 118 valence electrons. The maximum absolute atomic E-state index is 12.2. The molecule has 0 spiro atoms. The molecule has 0 radical (unpaired) electrons. The van der Waals surface area contributed by atoms with Gasteiger partial charge in [0.25, 0.3) is 0 Å². The molecule has 1 aromatic rings. The molecule has 0 saturated carbocycles. The number of benzene rings is 1. The predicted molar refractivity (Wildman–Crippen MR) is 89.0 cm³/mol. The second-order valence-corrected chi connectivity index (χ2v) is 6.07. The first-order valence-electron chi connectivity index (χ1n) is 6.95. The molecule has 1 amide bonds. The van der Waals surface area contributed by atoms with Crippen LogP contribution < -0.4 is 5.32 Å². The number of hydrogen-bond acceptors (Lipinski definition) is 3. The molecule has 0 bridgehead atoms. The Labute approximate surface area is 137 Å². The van der Waals surface area contributed by atoms with Gasteiger partial charge in [-0.1, -0.05) is 29.3 Å². The first-order chi connectivity index (χ1) is 9.93. The lowest BCUT2D eigenvalue weighted by Gasteiger charge is -2.24. The summed E-state index contributed by atoms with van der Waals surface area (Å²) in [4.78, 5) is 16.1. The minimum atomic E-state index is 0.0855. The largest absolute Gasteiger partial charge is 0.337 e. The molecule has 0 aliphatic heterocycles. The number of likely N-dealkylation sites (N-methyl/N-ethyl adjacent to an activating group) is 1. The second kappa shape index (κ2) is 9.26. The number of nitrogens with zero attached hydrogens (tertiary/aromatic N) is 2. The van der Waals surface area contributed by atoms with Gasteiger partial charge in [-0.25, -0.2) is 0 Å². The van der Waals surface area contributed by atoms with Crippen LogP contribution in [0, 0.1) is 0 Å². The summed E-state index contributed by atoms with van der Waals surface area (Å²) in [5.74, 6) is 0.0855. The van der Waals surface area contributed by atoms with Crippen molar-refractivity contribution in [2.75, 3.05) is 40.8 Å². The molecule has 6 heteroatoms. The molecule has 0 fully saturated rings. The van der Waals surface area contributed by atoms with Gasteiger partial charge in [0.1, 0.15) is 0 Å². The topological polar surface area (TPSA) is 35.6 Å². The van der Waals surface area contributed by atoms with Crippen molar-refractivity contribution in [3.63, 3.8) is 0 Å². The van der Waals surface area contributed by atoms with E-state index in [1.165, 1.54) is 0 Å². The van der Waals surface area contributed by atoms with Crippen molar-refractivity contribution in [3.05, 3.63) is 33.8 Å². The number of halogens is 2. The van der Waals surface area contributed by atoms with E-state index in [4.69, 9.17) is 23.2 Å². The Kier molecular flexibility index (Phi) is 8.04. The lowest BCUT2D eigenvalue weighted by Crippen LogP contribution is -2.38. The molecule has 1 N–H and O–H groups in total. The van der Waals surface area contributed by atoms with E-state index in [-0.39, 0.29) is 5.91 Å². The van der Waals surface area contributed by atoms with Crippen molar-refractivity contribution in [1.29, 1.82) is 0 Å². The van der Waals surface area contributed by atoms with E-state index in [1.54, 1.807) is 13.1 Å². The Bertz CT molecular complexity index is 466. The van der Waals surface area contributed by atoms with Crippen molar-refractivity contribution in [3.8, 4) is 0 Å². The molecule has 0 unspecified atom stereocenters. The number of carbonyl (C=O) groups is 1. The quantitative estimate of drug-likeness (QED) is 0.794. The molecule has 0 aromatic heterocycles. The summed E-state index contributed by atoms with van der Waals surface area (Å²) in [5, 5.41) is 3.95. The Hall–Kier alpha value is -0.810. The molecular formula is C15H23Cl2N3O. The summed E-state index contributed by atoms with van der Waals surface area (Å²) >= 11 is 11.9. The number of amides is 1. The molecular weight excluding hydrogens is 309 g/mol. The third-order valence-corrected chi connectivity index (χ3v) is 3.81. The average Bonchev–Trinajstić information content (AvgIpc) is 2.41. The molecule has 0 heterocycles. The second-order valence-electron chi connectivity index (χ2n) is 5.25. The zero-order valence-electron chi connectivity index (χ0n) is 12.8. The molecule has 0 saturated heterocycles. The van der Waals surface area contributed by atoms with Gasteiger partial charge in [0.15, 0.2) is 0 Å². The Morgan fingerprint density at radius 1 is 1.19 bits per heavy atom. The van der Waals surface area contributed by atoms with Gasteiger partial charge in [0, 0.05) is 13.1 Å². The predicted octanol–water partition coefficient (Wildman–Crippen LogP) is 2.49. The molecule has 1 rings (SSSR count). The van der Waals surface area contributed by atoms with E-state index in [2.05, 4.69) is 10.2 Å². The van der Waals surface area contributed by atoms with E-state index < -0.39 is 0 Å². The van der Waals surface area contributed by atoms with Crippen LogP contribution in [-0.2, 0) is 11.3 Å². The van der Waals surface area contributed by atoms with Gasteiger partial charge in [-0.2, -0.15) is 0 Å². The first kappa shape index (κ1) is 18.2. The van der Waals surface area contributed by atoms with Crippen LogP contribution in [0.5, 0.6) is 0 Å². The Balaban J connectivity index is 2.70. The van der Waals surface area contributed by atoms with E-state index in [1.807, 2.05) is 31.1 Å². The lowest BCUT2D eigenvalue weighted by molar-refractivity contribution is -0.130. The van der Waals surface area contributed by atoms with Crippen molar-refractivity contribution >= 4 is 29.1 Å². The fourth-order valence-corrected chi connectivity index (χ4v) is 2.31. The fourth-order valence-electron chi connectivity index (χ4n) is 1.99. The van der Waals surface area contributed by atoms with Crippen molar-refractivity contribution in [2.45, 2.75) is 13.0 Å². The summed E-state index contributed by atoms with van der Waals surface area (Å²) in [5.41, 5.74) is 0.985. The third kappa shape index (κ3) is 6.66. The molecule has 4 nitrogen and oxygen atoms in total. The SMILES string of the molecule is CNCC(=O)N(CCCN(C)C)Cc1ccc(Cl)c(Cl)c1. The van der Waals surface area contributed by atoms with Crippen LogP contribution in [0.2, 0.25) is 10.0 Å². The van der Waals surface area contributed by atoms with Gasteiger partial charge < -0.3 is 15.1 Å². The minimum Gasteiger partial charge on any atom is -0.337 e. The van der Waals surface area contributed by atoms with Gasteiger partial charge in [-0.3, -0.25) is 4.79 Å². The van der Waals surface area contributed by atoms with Crippen LogP contribution in [0.1, 0.15) is 12.0 Å². The summed E-state index contributed by atoms with van der Waals surface area (Å²) in [6.45, 7) is 2.55. The maximum Gasteiger partial charge on any atom is 0.236 e. The number of rotatable bonds is 8. The average molecular weight is 332 g/mol. The van der Waals surface area contributed by atoms with E-state index in [9.17, 15) is 4.79 Å². The summed E-state index contributed by atoms with van der Waals surface area (Å²) in [7, 11) is 5.83. The summed E-state index contributed by atoms with van der Waals surface area (Å²) in [6, 6.07) is 5.48. The maximum atomic E-state index is 12.2. The first-order valence-corrected chi connectivity index (χ1v) is 7.70. The highest BCUT2D eigenvalue weighted by molar-refractivity contribution is 6.42. The monoisotopic (exact) mass is 331 g/mol. The third-order valence-electron chi connectivity index (χ3n) is 3.07. The van der Waals surface area contributed by atoms with Crippen LogP contribution in [0.4, 0.5) is 0 Å². The van der Waals surface area contributed by atoms with Gasteiger partial charge >= 0.3 is 0 Å². The molecule has 1 aromatic carbocycles. The van der Waals surface area contributed by atoms with E-state index in [0.717, 1.165) is 25.1 Å². The lowest BCUT2D eigenvalue weighted by atomic mass is 10.2. The highest BCUT2D eigenvalue weighted by Gasteiger charge is 2.13. The summed E-state index contributed by atoms with van der Waals surface area (Å²) < 4.78 is 0. The Morgan fingerprint density at radius 3 is 2.48 bits per heavy atom. The van der Waals surface area contributed by atoms with Crippen LogP contribution in [0.25, 0.3) is 0 Å². The number of nitrogens with one attached hydrogen (secondary N) is 1. The number of carbonyl (C=O) groups excluding carboxylic acids is 1. The molecule has 0 atom stereocenters. The Morgan fingerprint density at radius 2 is 1.90 bits per heavy atom. The highest BCUT2D eigenvalue weighted by atomic mass is 35.5. The van der Waals surface area contributed by atoms with Gasteiger partial charge in [-0.05, 0) is 51.8 Å². The zero-order chi connectivity index (χ0) is 15.8. The zero-order valence-corrected chi connectivity index (χ0v) is 14.3. The normalized spacial score (nSPS) is 11.0. The van der Waals surface area contributed by atoms with Crippen LogP contribution in [0.15, 0.2) is 18.2 Å². The van der Waals surface area contributed by atoms with Crippen molar-refractivity contribution in [1.82, 2.24) is 15.1 Å².